The topological polar surface area (TPSA) is 247 Å². The molecule has 0 bridgehead atoms. The number of nitrogens with zero attached hydrogens (tertiary/aromatic N) is 6. The molecule has 0 unspecified atom stereocenters. The highest BCUT2D eigenvalue weighted by atomic mass is 19.2. The number of nitrogens with two attached hydrogens (primary N) is 2. The van der Waals surface area contributed by atoms with Gasteiger partial charge in [-0.25, -0.2) is 45.2 Å². The van der Waals surface area contributed by atoms with E-state index in [1.165, 1.54) is 67.2 Å². The van der Waals surface area contributed by atoms with Crippen LogP contribution in [0, 0.1) is 40.7 Å². The predicted molar refractivity (Wildman–Crippen MR) is 442 cm³/mol. The number of likely N-dealkylation sites (N-methyl/N-ethyl adjacent to an activating group) is 1. The molecule has 0 saturated heterocycles. The Morgan fingerprint density at radius 1 is 0.350 bits per heavy atom. The van der Waals surface area contributed by atoms with E-state index in [1.807, 2.05) is 128 Å². The summed E-state index contributed by atoms with van der Waals surface area (Å²) in [6, 6.07) is 82.3. The Morgan fingerprint density at radius 3 is 1.11 bits per heavy atom. The third-order valence-corrected chi connectivity index (χ3v) is 17.1. The predicted octanol–water partition coefficient (Wildman–Crippen LogP) is 21.7. The van der Waals surface area contributed by atoms with Crippen molar-refractivity contribution in [3.05, 3.63) is 379 Å². The van der Waals surface area contributed by atoms with Crippen molar-refractivity contribution in [2.24, 2.45) is 11.5 Å². The number of rotatable bonds is 21. The van der Waals surface area contributed by atoms with Gasteiger partial charge in [-0.1, -0.05) is 60.7 Å². The second-order valence-corrected chi connectivity index (χ2v) is 26.4. The molecule has 0 atom stereocenters. The van der Waals surface area contributed by atoms with Gasteiger partial charge < -0.3 is 45.4 Å². The normalized spacial score (nSPS) is 10.5. The molecule has 19 nitrogen and oxygen atoms in total. The third-order valence-electron chi connectivity index (χ3n) is 17.1. The number of Topliss-reactive ketones (excluding diaryl/α,β-unsaturated/α-hetero) is 1. The molecule has 12 aromatic carbocycles. The van der Waals surface area contributed by atoms with E-state index in [2.05, 4.69) is 20.5 Å². The van der Waals surface area contributed by atoms with Crippen molar-refractivity contribution in [3.8, 4) is 114 Å². The van der Waals surface area contributed by atoms with Crippen LogP contribution in [0.3, 0.4) is 0 Å². The Hall–Kier alpha value is -15.6. The van der Waals surface area contributed by atoms with Crippen molar-refractivity contribution >= 4 is 29.5 Å². The molecule has 3 heterocycles. The first-order chi connectivity index (χ1) is 57.8. The van der Waals surface area contributed by atoms with Crippen LogP contribution in [-0.2, 0) is 0 Å². The summed E-state index contributed by atoms with van der Waals surface area (Å²) in [5, 5.41) is 11.1. The molecule has 604 valence electrons. The molecule has 15 rings (SSSR count). The van der Waals surface area contributed by atoms with Gasteiger partial charge in [0.15, 0.2) is 17.4 Å². The number of hydrogen-bond acceptors (Lipinski definition) is 14. The van der Waals surface area contributed by atoms with Gasteiger partial charge in [0, 0.05) is 84.5 Å². The first kappa shape index (κ1) is 85.3. The number of nitrogens with one attached hydrogen (secondary N) is 1. The first-order valence-corrected chi connectivity index (χ1v) is 36.7. The molecule has 0 aliphatic rings. The number of primary amides is 2. The fourth-order valence-corrected chi connectivity index (χ4v) is 11.1. The maximum absolute atomic E-state index is 13.2. The smallest absolute Gasteiger partial charge is 0.339 e. The second kappa shape index (κ2) is 41.1. The van der Waals surface area contributed by atoms with Crippen molar-refractivity contribution < 1.29 is 78.4 Å². The molecule has 0 saturated carbocycles. The van der Waals surface area contributed by atoms with Crippen molar-refractivity contribution in [3.63, 3.8) is 0 Å². The number of benzene rings is 12. The Kier molecular flexibility index (Phi) is 29.2. The van der Waals surface area contributed by atoms with Crippen LogP contribution in [0.2, 0.25) is 0 Å². The maximum atomic E-state index is 13.2. The van der Waals surface area contributed by atoms with Crippen LogP contribution in [0.4, 0.5) is 35.5 Å². The number of pyridine rings is 1. The van der Waals surface area contributed by atoms with E-state index in [4.69, 9.17) is 35.2 Å². The van der Waals surface area contributed by atoms with E-state index in [0.717, 1.165) is 80.5 Å². The summed E-state index contributed by atoms with van der Waals surface area (Å²) in [6.45, 7) is 4.31. The van der Waals surface area contributed by atoms with Crippen LogP contribution in [0.1, 0.15) is 49.8 Å². The number of carbonyl (C=O) groups excluding carboxylic acids is 5. The minimum atomic E-state index is -0.954. The van der Waals surface area contributed by atoms with Gasteiger partial charge in [0.2, 0.25) is 11.8 Å². The van der Waals surface area contributed by atoms with E-state index < -0.39 is 35.2 Å². The SMILES string of the molecule is CC(=O)c1cccc(-c2ccc(Oc3ccc(F)c(F)c3)cc2)c1.CC(=O)n1ccc(-c2ccc(Oc3ccc(F)cc3)cc2)n1.CN(C)CCNC(=O)c1cccc(-c2ccc(Oc3ccc(F)cc3)cc2)n1.NC(=O)c1cccc(-c2ccc(Oc3ccc(F)cc3)cc2)c1.NC(=O)n1ccc(-c2ccc(Oc3cc(F)cc(F)c3)cc2)n1. The van der Waals surface area contributed by atoms with Gasteiger partial charge in [-0.05, 0) is 268 Å². The summed E-state index contributed by atoms with van der Waals surface area (Å²) >= 11 is 0. The molecule has 3 aromatic heterocycles. The van der Waals surface area contributed by atoms with Crippen molar-refractivity contribution in [1.29, 1.82) is 0 Å². The van der Waals surface area contributed by atoms with Crippen LogP contribution in [0.5, 0.6) is 57.5 Å². The number of carbonyl (C=O) groups is 5. The fourth-order valence-electron chi connectivity index (χ4n) is 11.1. The lowest BCUT2D eigenvalue weighted by Crippen LogP contribution is -2.31. The molecular weight excluding hydrogens is 1550 g/mol. The van der Waals surface area contributed by atoms with Gasteiger partial charge in [0.1, 0.15) is 92.3 Å². The highest BCUT2D eigenvalue weighted by Gasteiger charge is 2.15. The standard InChI is InChI=1S/C22H22FN3O2.C20H14F2O2.C19H14FNO2.C17H13FN2O2.C16H11F2N3O2/c1-26(2)15-14-24-22(27)21-5-3-4-20(25-21)16-6-10-18(11-7-16)28-19-12-8-17(23)9-13-19;1-13(23)15-3-2-4-16(11-15)14-5-7-17(8-6-14)24-18-9-10-19(21)20(22)12-18;20-16-6-10-18(11-7-16)23-17-8-4-13(5-9-17)14-2-1-3-15(12-14)19(21)22;1-12(21)20-11-10-17(19-20)13-2-6-15(7-3-13)22-16-8-4-14(18)5-9-16;17-11-7-12(18)9-14(8-11)23-13-3-1-10(2-4-13)15-5-6-21(20-15)16(19)22/h3-13H,14-15H2,1-2H3,(H,24,27);2-12H,1H3;1-12H,(H2,21,22);2-11H,1H3;1-9H,(H2,19,22). The summed E-state index contributed by atoms with van der Waals surface area (Å²) in [7, 11) is 3.91. The van der Waals surface area contributed by atoms with E-state index in [-0.39, 0.29) is 46.5 Å². The van der Waals surface area contributed by atoms with Crippen molar-refractivity contribution in [2.45, 2.75) is 13.8 Å². The van der Waals surface area contributed by atoms with Gasteiger partial charge in [-0.3, -0.25) is 19.2 Å². The monoisotopic (exact) mass is 1620 g/mol. The lowest BCUT2D eigenvalue weighted by Gasteiger charge is -2.11. The molecule has 0 fully saturated rings. The lowest BCUT2D eigenvalue weighted by molar-refractivity contribution is 0.0918. The highest BCUT2D eigenvalue weighted by Crippen LogP contribution is 2.33. The molecule has 0 aliphatic heterocycles. The average Bonchev–Trinajstić information content (AvgIpc) is 1.09. The molecule has 5 N–H and O–H groups in total. The zero-order chi connectivity index (χ0) is 85.2. The van der Waals surface area contributed by atoms with Gasteiger partial charge >= 0.3 is 6.03 Å². The number of aromatic nitrogens is 5. The third kappa shape index (κ3) is 25.5. The van der Waals surface area contributed by atoms with Crippen LogP contribution < -0.4 is 40.5 Å². The van der Waals surface area contributed by atoms with Gasteiger partial charge in [-0.2, -0.15) is 14.9 Å². The quantitative estimate of drug-likeness (QED) is 0.0447. The van der Waals surface area contributed by atoms with Gasteiger partial charge in [0.25, 0.3) is 5.91 Å². The average molecular weight is 1620 g/mol. The minimum absolute atomic E-state index is 0.00939. The summed E-state index contributed by atoms with van der Waals surface area (Å²) in [6.07, 6.45) is 3.08. The first-order valence-electron chi connectivity index (χ1n) is 36.7. The second-order valence-electron chi connectivity index (χ2n) is 26.4. The Morgan fingerprint density at radius 2 is 0.717 bits per heavy atom. The van der Waals surface area contributed by atoms with Crippen LogP contribution in [0.25, 0.3) is 56.0 Å². The fraction of sp³-hybridized carbons (Fsp3) is 0.0638. The summed E-state index contributed by atoms with van der Waals surface area (Å²) in [5.74, 6) is -0.176. The number of halogens is 7. The van der Waals surface area contributed by atoms with Crippen molar-refractivity contribution in [2.75, 3.05) is 27.2 Å². The molecule has 15 aromatic rings. The zero-order valence-electron chi connectivity index (χ0n) is 64.6. The number of amides is 3. The molecule has 0 aliphatic carbocycles. The zero-order valence-corrected chi connectivity index (χ0v) is 64.6. The molecule has 0 radical (unpaired) electrons. The summed E-state index contributed by atoms with van der Waals surface area (Å²) in [5.41, 5.74) is 20.1. The Bertz CT molecular complexity index is 5980. The molecule has 3 amide bonds. The van der Waals surface area contributed by atoms with Gasteiger partial charge in [0.05, 0.1) is 17.1 Å². The lowest BCUT2D eigenvalue weighted by atomic mass is 10.0. The van der Waals surface area contributed by atoms with Crippen molar-refractivity contribution in [1.82, 2.24) is 34.8 Å². The van der Waals surface area contributed by atoms with E-state index >= 15 is 0 Å². The van der Waals surface area contributed by atoms with Crippen LogP contribution >= 0.6 is 0 Å². The highest BCUT2D eigenvalue weighted by molar-refractivity contribution is 5.96. The summed E-state index contributed by atoms with van der Waals surface area (Å²) < 4.78 is 121. The molecule has 26 heteroatoms. The molecule has 0 spiro atoms. The maximum Gasteiger partial charge on any atom is 0.339 e. The van der Waals surface area contributed by atoms with Gasteiger partial charge in [-0.15, -0.1) is 0 Å². The number of ketones is 1. The van der Waals surface area contributed by atoms with Crippen LogP contribution in [0.15, 0.2) is 322 Å². The number of ether oxygens (including phenoxy) is 5. The van der Waals surface area contributed by atoms with E-state index in [1.54, 1.807) is 134 Å². The number of hydrogen-bond donors (Lipinski definition) is 3. The molecular formula is C94H74F7N9O10. The minimum Gasteiger partial charge on any atom is -0.457 e. The van der Waals surface area contributed by atoms with Crippen LogP contribution in [-0.4, -0.2) is 86.2 Å². The largest absolute Gasteiger partial charge is 0.457 e. The Balaban J connectivity index is 0.000000147. The Labute approximate surface area is 684 Å². The molecule has 120 heavy (non-hydrogen) atoms. The van der Waals surface area contributed by atoms with E-state index in [9.17, 15) is 54.7 Å². The van der Waals surface area contributed by atoms with E-state index in [0.29, 0.717) is 86.4 Å². The summed E-state index contributed by atoms with van der Waals surface area (Å²) in [4.78, 5) is 63.6.